The van der Waals surface area contributed by atoms with Crippen LogP contribution in [0, 0.1) is 29.6 Å². The van der Waals surface area contributed by atoms with Crippen LogP contribution in [0.1, 0.15) is 26.7 Å². The lowest BCUT2D eigenvalue weighted by molar-refractivity contribution is -0.146. The van der Waals surface area contributed by atoms with Gasteiger partial charge in [-0.1, -0.05) is 12.5 Å². The topological polar surface area (TPSA) is 60.4 Å². The lowest BCUT2D eigenvalue weighted by Gasteiger charge is -2.27. The van der Waals surface area contributed by atoms with Crippen molar-refractivity contribution in [3.63, 3.8) is 0 Å². The summed E-state index contributed by atoms with van der Waals surface area (Å²) in [7, 11) is 0. The van der Waals surface area contributed by atoms with E-state index in [1.54, 1.807) is 6.08 Å². The van der Waals surface area contributed by atoms with Crippen LogP contribution in [0.4, 0.5) is 0 Å². The fraction of sp³-hybridized carbons (Fsp3) is 0.667. The van der Waals surface area contributed by atoms with Crippen LogP contribution >= 0.6 is 0 Å². The molecule has 0 aromatic rings. The molecule has 4 heteroatoms. The highest BCUT2D eigenvalue weighted by molar-refractivity contribution is 5.97. The molecule has 0 N–H and O–H groups in total. The Hall–Kier alpha value is -1.45. The fourth-order valence-electron chi connectivity index (χ4n) is 4.08. The summed E-state index contributed by atoms with van der Waals surface area (Å²) in [5.41, 5.74) is 0.959. The molecule has 6 atom stereocenters. The molecule has 0 aromatic carbocycles. The molecule has 3 aliphatic rings. The highest BCUT2D eigenvalue weighted by atomic mass is 16.6. The molecule has 0 radical (unpaired) electrons. The quantitative estimate of drug-likeness (QED) is 0.531. The van der Waals surface area contributed by atoms with Crippen LogP contribution in [0.25, 0.3) is 0 Å². The molecular weight excluding hydrogens is 244 g/mol. The average molecular weight is 262 g/mol. The number of rotatable bonds is 1. The first kappa shape index (κ1) is 12.6. The lowest BCUT2D eigenvalue weighted by Crippen LogP contribution is -2.34. The standard InChI is InChI=1S/C15H18O4/c1-7-5-11(17)13-9(6-16)3-4-10-8(2)15(18)19-14(10)12(7)13/h5-6,8-10,12-14H,3-4H2,1-2H3. The van der Waals surface area contributed by atoms with Gasteiger partial charge in [0.25, 0.3) is 0 Å². The molecule has 1 aliphatic heterocycles. The number of carbonyl (C=O) groups is 3. The van der Waals surface area contributed by atoms with E-state index in [-0.39, 0.29) is 47.4 Å². The second kappa shape index (κ2) is 4.29. The monoisotopic (exact) mass is 262 g/mol. The summed E-state index contributed by atoms with van der Waals surface area (Å²) < 4.78 is 5.54. The Labute approximate surface area is 112 Å². The largest absolute Gasteiger partial charge is 0.461 e. The molecule has 6 unspecified atom stereocenters. The van der Waals surface area contributed by atoms with Gasteiger partial charge in [-0.05, 0) is 25.8 Å². The number of esters is 1. The number of ether oxygens (including phenoxy) is 1. The third-order valence-corrected chi connectivity index (χ3v) is 5.12. The zero-order valence-corrected chi connectivity index (χ0v) is 11.2. The molecule has 1 heterocycles. The highest BCUT2D eigenvalue weighted by Crippen LogP contribution is 2.49. The predicted octanol–water partition coefficient (Wildman–Crippen LogP) is 1.53. The van der Waals surface area contributed by atoms with Crippen molar-refractivity contribution in [3.05, 3.63) is 11.6 Å². The van der Waals surface area contributed by atoms with Crippen molar-refractivity contribution >= 4 is 18.0 Å². The Balaban J connectivity index is 2.01. The van der Waals surface area contributed by atoms with E-state index in [0.29, 0.717) is 6.42 Å². The smallest absolute Gasteiger partial charge is 0.309 e. The molecule has 4 nitrogen and oxygen atoms in total. The van der Waals surface area contributed by atoms with Crippen molar-refractivity contribution in [3.8, 4) is 0 Å². The predicted molar refractivity (Wildman–Crippen MR) is 67.1 cm³/mol. The molecule has 0 spiro atoms. The van der Waals surface area contributed by atoms with Crippen LogP contribution in [0.15, 0.2) is 11.6 Å². The van der Waals surface area contributed by atoms with Crippen LogP contribution in [-0.4, -0.2) is 24.1 Å². The van der Waals surface area contributed by atoms with E-state index < -0.39 is 0 Å². The van der Waals surface area contributed by atoms with E-state index in [1.165, 1.54) is 0 Å². The summed E-state index contributed by atoms with van der Waals surface area (Å²) >= 11 is 0. The Kier molecular flexibility index (Phi) is 2.84. The fourth-order valence-corrected chi connectivity index (χ4v) is 4.08. The molecule has 2 aliphatic carbocycles. The molecule has 19 heavy (non-hydrogen) atoms. The number of hydrogen-bond acceptors (Lipinski definition) is 4. The minimum absolute atomic E-state index is 0.0239. The first-order valence-electron chi connectivity index (χ1n) is 6.92. The Bertz CT molecular complexity index is 479. The number of allylic oxidation sites excluding steroid dienone is 1. The molecule has 3 rings (SSSR count). The minimum Gasteiger partial charge on any atom is -0.461 e. The Morgan fingerprint density at radius 1 is 1.26 bits per heavy atom. The molecule has 102 valence electrons. The second-order valence-corrected chi connectivity index (χ2v) is 6.07. The van der Waals surface area contributed by atoms with Crippen molar-refractivity contribution < 1.29 is 19.1 Å². The zero-order chi connectivity index (χ0) is 13.7. The van der Waals surface area contributed by atoms with E-state index in [0.717, 1.165) is 18.3 Å². The maximum absolute atomic E-state index is 12.1. The van der Waals surface area contributed by atoms with Gasteiger partial charge < -0.3 is 9.53 Å². The molecule has 1 saturated carbocycles. The van der Waals surface area contributed by atoms with E-state index in [9.17, 15) is 14.4 Å². The summed E-state index contributed by atoms with van der Waals surface area (Å²) in [5, 5.41) is 0. The van der Waals surface area contributed by atoms with Crippen molar-refractivity contribution in [1.29, 1.82) is 0 Å². The van der Waals surface area contributed by atoms with Crippen LogP contribution in [0.2, 0.25) is 0 Å². The average Bonchev–Trinajstić information content (AvgIpc) is 2.74. The first-order valence-corrected chi connectivity index (χ1v) is 6.92. The van der Waals surface area contributed by atoms with E-state index in [2.05, 4.69) is 0 Å². The van der Waals surface area contributed by atoms with E-state index >= 15 is 0 Å². The van der Waals surface area contributed by atoms with Crippen molar-refractivity contribution in [1.82, 2.24) is 0 Å². The van der Waals surface area contributed by atoms with Gasteiger partial charge in [-0.25, -0.2) is 0 Å². The SMILES string of the molecule is CC1=CC(=O)C2C(C=O)CCC3C(C)C(=O)OC3C12. The minimum atomic E-state index is -0.314. The lowest BCUT2D eigenvalue weighted by atomic mass is 9.77. The van der Waals surface area contributed by atoms with Gasteiger partial charge in [-0.15, -0.1) is 0 Å². The van der Waals surface area contributed by atoms with Crippen LogP contribution in [-0.2, 0) is 19.1 Å². The third-order valence-electron chi connectivity index (χ3n) is 5.12. The van der Waals surface area contributed by atoms with Crippen LogP contribution < -0.4 is 0 Å². The second-order valence-electron chi connectivity index (χ2n) is 6.07. The van der Waals surface area contributed by atoms with Crippen molar-refractivity contribution in [2.45, 2.75) is 32.8 Å². The Morgan fingerprint density at radius 3 is 2.68 bits per heavy atom. The van der Waals surface area contributed by atoms with Gasteiger partial charge in [0.15, 0.2) is 5.78 Å². The summed E-state index contributed by atoms with van der Waals surface area (Å²) in [6.07, 6.45) is 3.79. The third kappa shape index (κ3) is 1.69. The van der Waals surface area contributed by atoms with Crippen LogP contribution in [0.3, 0.4) is 0 Å². The molecule has 0 aromatic heterocycles. The number of aldehydes is 1. The number of ketones is 1. The first-order chi connectivity index (χ1) is 9.04. The summed E-state index contributed by atoms with van der Waals surface area (Å²) in [6, 6.07) is 0. The van der Waals surface area contributed by atoms with Gasteiger partial charge >= 0.3 is 5.97 Å². The van der Waals surface area contributed by atoms with E-state index in [1.807, 2.05) is 13.8 Å². The van der Waals surface area contributed by atoms with Gasteiger partial charge in [0, 0.05) is 23.7 Å². The van der Waals surface area contributed by atoms with Gasteiger partial charge in [0.05, 0.1) is 5.92 Å². The number of hydrogen-bond donors (Lipinski definition) is 0. The highest BCUT2D eigenvalue weighted by Gasteiger charge is 2.54. The molecular formula is C15H18O4. The number of carbonyl (C=O) groups excluding carboxylic acids is 3. The number of fused-ring (bicyclic) bond motifs is 3. The van der Waals surface area contributed by atoms with Gasteiger partial charge in [-0.2, -0.15) is 0 Å². The van der Waals surface area contributed by atoms with Crippen LogP contribution in [0.5, 0.6) is 0 Å². The summed E-state index contributed by atoms with van der Waals surface area (Å²) in [6.45, 7) is 3.79. The van der Waals surface area contributed by atoms with Gasteiger partial charge in [0.2, 0.25) is 0 Å². The molecule has 0 bridgehead atoms. The van der Waals surface area contributed by atoms with Crippen molar-refractivity contribution in [2.24, 2.45) is 29.6 Å². The maximum Gasteiger partial charge on any atom is 0.309 e. The maximum atomic E-state index is 12.1. The Morgan fingerprint density at radius 2 is 2.00 bits per heavy atom. The zero-order valence-electron chi connectivity index (χ0n) is 11.2. The summed E-state index contributed by atoms with van der Waals surface area (Å²) in [5.74, 6) is -0.766. The van der Waals surface area contributed by atoms with Gasteiger partial charge in [-0.3, -0.25) is 9.59 Å². The van der Waals surface area contributed by atoms with E-state index in [4.69, 9.17) is 4.74 Å². The van der Waals surface area contributed by atoms with Crippen molar-refractivity contribution in [2.75, 3.05) is 0 Å². The normalized spacial score (nSPS) is 45.1. The molecule has 1 saturated heterocycles. The summed E-state index contributed by atoms with van der Waals surface area (Å²) in [4.78, 5) is 35.2. The van der Waals surface area contributed by atoms with Gasteiger partial charge in [0.1, 0.15) is 12.4 Å². The molecule has 0 amide bonds. The molecule has 2 fully saturated rings.